The van der Waals surface area contributed by atoms with Gasteiger partial charge in [0.1, 0.15) is 12.3 Å². The summed E-state index contributed by atoms with van der Waals surface area (Å²) >= 11 is 0. The molecule has 37 heavy (non-hydrogen) atoms. The number of ether oxygens (including phenoxy) is 2. The van der Waals surface area contributed by atoms with E-state index in [0.29, 0.717) is 31.6 Å². The summed E-state index contributed by atoms with van der Waals surface area (Å²) in [5.74, 6) is -1.56. The van der Waals surface area contributed by atoms with E-state index < -0.39 is 21.1 Å². The maximum absolute atomic E-state index is 13.4. The molecule has 3 heterocycles. The lowest BCUT2D eigenvalue weighted by molar-refractivity contribution is -0.162. The lowest BCUT2D eigenvalue weighted by Gasteiger charge is -2.50. The van der Waals surface area contributed by atoms with Gasteiger partial charge in [0.05, 0.1) is 30.7 Å². The van der Waals surface area contributed by atoms with Gasteiger partial charge in [0.15, 0.2) is 9.04 Å². The van der Waals surface area contributed by atoms with Crippen molar-refractivity contribution in [3.63, 3.8) is 0 Å². The summed E-state index contributed by atoms with van der Waals surface area (Å²) in [6.07, 6.45) is 3.85. The van der Waals surface area contributed by atoms with Gasteiger partial charge in [-0.3, -0.25) is 9.69 Å². The van der Waals surface area contributed by atoms with Gasteiger partial charge in [0, 0.05) is 13.7 Å². The first-order chi connectivity index (χ1) is 17.3. The summed E-state index contributed by atoms with van der Waals surface area (Å²) in [5.41, 5.74) is 1.27. The van der Waals surface area contributed by atoms with Crippen LogP contribution in [0.5, 0.6) is 0 Å². The van der Waals surface area contributed by atoms with Crippen LogP contribution in [-0.2, 0) is 23.5 Å². The molecule has 10 heteroatoms. The number of carbonyl (C=O) groups is 3. The van der Waals surface area contributed by atoms with Crippen LogP contribution in [0.2, 0.25) is 13.1 Å². The molecular weight excluding hydrogens is 492 g/mol. The Bertz CT molecular complexity index is 984. The van der Waals surface area contributed by atoms with Gasteiger partial charge in [-0.1, -0.05) is 39.5 Å². The fraction of sp³-hybridized carbons (Fsp3) is 0.667. The molecule has 3 rings (SSSR count). The molecule has 0 aromatic carbocycles. The van der Waals surface area contributed by atoms with Gasteiger partial charge in [-0.05, 0) is 55.3 Å². The molecule has 9 nitrogen and oxygen atoms in total. The molecule has 0 aromatic heterocycles. The Morgan fingerprint density at radius 1 is 1.30 bits per heavy atom. The molecule has 3 aliphatic heterocycles. The second-order valence-electron chi connectivity index (χ2n) is 11.5. The topological polar surface area (TPSA) is 106 Å². The molecule has 3 aliphatic rings. The van der Waals surface area contributed by atoms with Gasteiger partial charge in [-0.15, -0.1) is 0 Å². The molecule has 2 saturated heterocycles. The fourth-order valence-electron chi connectivity index (χ4n) is 5.69. The highest BCUT2D eigenvalue weighted by Crippen LogP contribution is 2.50. The van der Waals surface area contributed by atoms with Crippen molar-refractivity contribution < 1.29 is 33.4 Å². The third-order valence-corrected chi connectivity index (χ3v) is 8.54. The number of carbonyl (C=O) groups excluding carboxylic acids is 2. The number of amides is 2. The normalized spacial score (nSPS) is 26.9. The largest absolute Gasteiger partial charge is 0.477 e. The van der Waals surface area contributed by atoms with E-state index in [4.69, 9.17) is 13.9 Å². The molecule has 0 aromatic rings. The van der Waals surface area contributed by atoms with Crippen LogP contribution in [-0.4, -0.2) is 87.0 Å². The summed E-state index contributed by atoms with van der Waals surface area (Å²) in [6.45, 7) is 17.0. The van der Waals surface area contributed by atoms with Crippen LogP contribution in [0.15, 0.2) is 35.6 Å². The smallest absolute Gasteiger partial charge is 0.410 e. The van der Waals surface area contributed by atoms with E-state index in [1.54, 1.807) is 12.0 Å². The molecule has 2 fully saturated rings. The van der Waals surface area contributed by atoms with Crippen molar-refractivity contribution in [2.75, 3.05) is 26.9 Å². The van der Waals surface area contributed by atoms with E-state index in [-0.39, 0.29) is 53.6 Å². The Hall–Kier alpha value is -2.43. The molecule has 0 radical (unpaired) electrons. The van der Waals surface area contributed by atoms with Crippen molar-refractivity contribution in [3.05, 3.63) is 35.6 Å². The summed E-state index contributed by atoms with van der Waals surface area (Å²) in [5, 5.41) is 10.1. The van der Waals surface area contributed by atoms with Crippen molar-refractivity contribution in [1.29, 1.82) is 0 Å². The van der Waals surface area contributed by atoms with E-state index >= 15 is 0 Å². The van der Waals surface area contributed by atoms with Crippen LogP contribution in [0, 0.1) is 17.3 Å². The molecule has 0 bridgehead atoms. The van der Waals surface area contributed by atoms with Crippen LogP contribution >= 0.6 is 0 Å². The molecule has 0 saturated carbocycles. The van der Waals surface area contributed by atoms with Crippen LogP contribution in [0.4, 0.5) is 4.79 Å². The predicted molar refractivity (Wildman–Crippen MR) is 142 cm³/mol. The zero-order chi connectivity index (χ0) is 27.7. The number of carboxylic acid groups (broad SMARTS) is 1. The van der Waals surface area contributed by atoms with Crippen molar-refractivity contribution in [2.24, 2.45) is 17.3 Å². The third-order valence-electron chi connectivity index (χ3n) is 7.68. The monoisotopic (exact) mass is 534 g/mol. The van der Waals surface area contributed by atoms with Crippen molar-refractivity contribution >= 4 is 27.0 Å². The number of aliphatic carboxylic acids is 1. The first kappa shape index (κ1) is 29.1. The maximum atomic E-state index is 13.4. The standard InChI is InChI=1S/C27H42N2O7Si/c1-9-10-35-26(33)28-14-18(34-6)12-17(28)11-16(2)19-13-21-22(24(30)29(21)23(19)25(31)32)20(27(3,4)5)15-36-37(7)8/h9,11,17-18,20-22,37H,1,10,12-15H2,2-8H3,(H,31,32)/t17-,18+,20-,21-,22+/m1/s1. The molecule has 5 atom stereocenters. The average molecular weight is 535 g/mol. The number of carboxylic acids is 1. The highest BCUT2D eigenvalue weighted by atomic mass is 28.3. The number of β-lactam (4-membered cyclic amide) rings is 1. The van der Waals surface area contributed by atoms with Crippen LogP contribution in [0.1, 0.15) is 40.5 Å². The quantitative estimate of drug-likeness (QED) is 0.259. The summed E-state index contributed by atoms with van der Waals surface area (Å²) in [7, 11) is 0.325. The number of methoxy groups -OCH3 is 1. The first-order valence-corrected chi connectivity index (χ1v) is 15.8. The third kappa shape index (κ3) is 6.02. The summed E-state index contributed by atoms with van der Waals surface area (Å²) < 4.78 is 16.8. The van der Waals surface area contributed by atoms with Crippen LogP contribution < -0.4 is 0 Å². The van der Waals surface area contributed by atoms with Crippen LogP contribution in [0.3, 0.4) is 0 Å². The fourth-order valence-corrected chi connectivity index (χ4v) is 6.28. The van der Waals surface area contributed by atoms with E-state index in [1.165, 1.54) is 11.0 Å². The van der Waals surface area contributed by atoms with Gasteiger partial charge in [0.2, 0.25) is 5.91 Å². The zero-order valence-corrected chi connectivity index (χ0v) is 24.3. The van der Waals surface area contributed by atoms with E-state index in [0.717, 1.165) is 5.57 Å². The Kier molecular flexibility index (Phi) is 9.08. The minimum atomic E-state index is -1.28. The van der Waals surface area contributed by atoms with Crippen molar-refractivity contribution in [2.45, 2.75) is 71.8 Å². The number of likely N-dealkylation sites (tertiary alicyclic amines) is 1. The first-order valence-electron chi connectivity index (χ1n) is 13.0. The minimum Gasteiger partial charge on any atom is -0.477 e. The molecular formula is C27H42N2O7Si. The van der Waals surface area contributed by atoms with Gasteiger partial charge in [-0.25, -0.2) is 9.59 Å². The van der Waals surface area contributed by atoms with E-state index in [1.807, 2.05) is 13.0 Å². The van der Waals surface area contributed by atoms with Gasteiger partial charge < -0.3 is 23.9 Å². The van der Waals surface area contributed by atoms with Crippen molar-refractivity contribution in [3.8, 4) is 0 Å². The zero-order valence-electron chi connectivity index (χ0n) is 23.2. The number of hydrogen-bond acceptors (Lipinski definition) is 6. The number of rotatable bonds is 10. The van der Waals surface area contributed by atoms with E-state index in [2.05, 4.69) is 40.4 Å². The number of nitrogens with zero attached hydrogens (tertiary/aromatic N) is 2. The van der Waals surface area contributed by atoms with Gasteiger partial charge in [0.25, 0.3) is 0 Å². The SMILES string of the molecule is C=CCOC(=O)N1C[C@@H](OC)C[C@H]1C=C(C)C1=C(C(=O)O)N2C(=O)[C@@H]([C@@H](CO[SiH](C)C)C(C)(C)C)[C@H]2C1. The summed E-state index contributed by atoms with van der Waals surface area (Å²) in [6, 6.07) is -0.515. The summed E-state index contributed by atoms with van der Waals surface area (Å²) in [4.78, 5) is 41.5. The van der Waals surface area contributed by atoms with E-state index in [9.17, 15) is 19.5 Å². The minimum absolute atomic E-state index is 0.0118. The average Bonchev–Trinajstić information content (AvgIpc) is 3.38. The Labute approximate surface area is 221 Å². The molecule has 2 amide bonds. The molecule has 0 spiro atoms. The van der Waals surface area contributed by atoms with Gasteiger partial charge in [-0.2, -0.15) is 0 Å². The highest BCUT2D eigenvalue weighted by molar-refractivity contribution is 6.48. The Morgan fingerprint density at radius 2 is 1.97 bits per heavy atom. The second kappa shape index (κ2) is 11.5. The Balaban J connectivity index is 1.88. The number of allylic oxidation sites excluding steroid dienone is 1. The Morgan fingerprint density at radius 3 is 2.51 bits per heavy atom. The van der Waals surface area contributed by atoms with Crippen molar-refractivity contribution in [1.82, 2.24) is 9.80 Å². The lowest BCUT2D eigenvalue weighted by Crippen LogP contribution is -2.63. The highest BCUT2D eigenvalue weighted by Gasteiger charge is 2.59. The number of hydrogen-bond donors (Lipinski definition) is 1. The molecule has 0 unspecified atom stereocenters. The van der Waals surface area contributed by atoms with Gasteiger partial charge >= 0.3 is 12.1 Å². The molecule has 206 valence electrons. The maximum Gasteiger partial charge on any atom is 0.410 e. The molecule has 1 N–H and O–H groups in total. The predicted octanol–water partition coefficient (Wildman–Crippen LogP) is 3.58. The molecule has 0 aliphatic carbocycles. The van der Waals surface area contributed by atoms with Crippen LogP contribution in [0.25, 0.3) is 0 Å². The lowest BCUT2D eigenvalue weighted by atomic mass is 9.66. The second-order valence-corrected chi connectivity index (χ2v) is 14.0. The number of fused-ring (bicyclic) bond motifs is 1.